The van der Waals surface area contributed by atoms with Crippen LogP contribution in [0.1, 0.15) is 26.3 Å². The second-order valence-electron chi connectivity index (χ2n) is 4.26. The normalized spacial score (nSPS) is 12.7. The maximum Gasteiger partial charge on any atom is 0.573 e. The van der Waals surface area contributed by atoms with Crippen molar-refractivity contribution < 1.29 is 17.9 Å². The molecule has 0 saturated carbocycles. The van der Waals surface area contributed by atoms with E-state index in [9.17, 15) is 13.2 Å². The molecule has 0 aliphatic rings. The van der Waals surface area contributed by atoms with Crippen molar-refractivity contribution in [2.45, 2.75) is 32.5 Å². The van der Waals surface area contributed by atoms with E-state index in [1.54, 1.807) is 6.07 Å². The number of halogens is 3. The molecule has 1 rings (SSSR count). The highest BCUT2D eigenvalue weighted by Gasteiger charge is 2.31. The Morgan fingerprint density at radius 3 is 2.20 bits per heavy atom. The Balaban J connectivity index is 2.94. The zero-order valence-electron chi connectivity index (χ0n) is 8.77. The van der Waals surface area contributed by atoms with Crippen LogP contribution in [0.4, 0.5) is 13.2 Å². The third-order valence-electron chi connectivity index (χ3n) is 1.86. The summed E-state index contributed by atoms with van der Waals surface area (Å²) in [6, 6.07) is 6.84. The molecule has 0 saturated heterocycles. The Bertz CT molecular complexity index is 336. The molecule has 4 heteroatoms. The van der Waals surface area contributed by atoms with Gasteiger partial charge in [-0.2, -0.15) is 0 Å². The summed E-state index contributed by atoms with van der Waals surface area (Å²) in [4.78, 5) is 0. The highest BCUT2D eigenvalue weighted by Crippen LogP contribution is 2.28. The SMILES string of the molecule is CC(C)(C)c1c[c]cc(OC(F)(F)F)c1. The van der Waals surface area contributed by atoms with Gasteiger partial charge in [0.05, 0.1) is 0 Å². The lowest BCUT2D eigenvalue weighted by Crippen LogP contribution is -2.18. The summed E-state index contributed by atoms with van der Waals surface area (Å²) in [6.45, 7) is 5.73. The number of hydrogen-bond acceptors (Lipinski definition) is 1. The number of alkyl halides is 3. The van der Waals surface area contributed by atoms with Crippen LogP contribution in [0, 0.1) is 6.07 Å². The van der Waals surface area contributed by atoms with Crippen molar-refractivity contribution in [3.63, 3.8) is 0 Å². The van der Waals surface area contributed by atoms with Crippen molar-refractivity contribution in [1.82, 2.24) is 0 Å². The molecule has 0 aromatic heterocycles. The molecule has 0 spiro atoms. The molecule has 1 nitrogen and oxygen atoms in total. The number of ether oxygens (including phenoxy) is 1. The van der Waals surface area contributed by atoms with Crippen LogP contribution >= 0.6 is 0 Å². The third-order valence-corrected chi connectivity index (χ3v) is 1.86. The molecule has 1 aromatic rings. The van der Waals surface area contributed by atoms with E-state index in [4.69, 9.17) is 0 Å². The minimum Gasteiger partial charge on any atom is -0.406 e. The Kier molecular flexibility index (Phi) is 2.98. The fraction of sp³-hybridized carbons (Fsp3) is 0.455. The van der Waals surface area contributed by atoms with Gasteiger partial charge in [-0.1, -0.05) is 26.8 Å². The molecule has 0 N–H and O–H groups in total. The van der Waals surface area contributed by atoms with Crippen molar-refractivity contribution in [2.24, 2.45) is 0 Å². The quantitative estimate of drug-likeness (QED) is 0.697. The standard InChI is InChI=1S/C11H12F3O/c1-10(2,3)8-5-4-6-9(7-8)15-11(12,13)14/h5-7H,1-3H3. The molecule has 83 valence electrons. The largest absolute Gasteiger partial charge is 0.573 e. The fourth-order valence-corrected chi connectivity index (χ4v) is 1.08. The topological polar surface area (TPSA) is 9.23 Å². The van der Waals surface area contributed by atoms with Gasteiger partial charge in [0, 0.05) is 0 Å². The lowest BCUT2D eigenvalue weighted by Gasteiger charge is -2.19. The van der Waals surface area contributed by atoms with Crippen LogP contribution in [-0.2, 0) is 5.41 Å². The molecule has 1 aromatic carbocycles. The molecular formula is C11H12F3O. The van der Waals surface area contributed by atoms with Crippen molar-refractivity contribution in [2.75, 3.05) is 0 Å². The van der Waals surface area contributed by atoms with E-state index in [1.165, 1.54) is 12.1 Å². The van der Waals surface area contributed by atoms with Crippen LogP contribution in [0.25, 0.3) is 0 Å². The number of benzene rings is 1. The van der Waals surface area contributed by atoms with Crippen LogP contribution in [0.15, 0.2) is 18.2 Å². The first-order valence-electron chi connectivity index (χ1n) is 4.46. The van der Waals surface area contributed by atoms with Crippen LogP contribution in [0.2, 0.25) is 0 Å². The molecule has 0 unspecified atom stereocenters. The van der Waals surface area contributed by atoms with Crippen LogP contribution in [0.3, 0.4) is 0 Å². The Morgan fingerprint density at radius 1 is 1.13 bits per heavy atom. The molecule has 0 aliphatic carbocycles. The van der Waals surface area contributed by atoms with E-state index in [0.717, 1.165) is 5.56 Å². The van der Waals surface area contributed by atoms with E-state index in [-0.39, 0.29) is 11.2 Å². The summed E-state index contributed by atoms with van der Waals surface area (Å²) in [5.74, 6) is -0.227. The van der Waals surface area contributed by atoms with Gasteiger partial charge in [0.1, 0.15) is 5.75 Å². The first-order chi connectivity index (χ1) is 6.68. The number of rotatable bonds is 1. The van der Waals surface area contributed by atoms with Gasteiger partial charge < -0.3 is 4.74 Å². The third kappa shape index (κ3) is 3.81. The highest BCUT2D eigenvalue weighted by atomic mass is 19.4. The van der Waals surface area contributed by atoms with Crippen LogP contribution in [-0.4, -0.2) is 6.36 Å². The second kappa shape index (κ2) is 3.76. The molecule has 1 radical (unpaired) electrons. The van der Waals surface area contributed by atoms with Crippen molar-refractivity contribution in [3.05, 3.63) is 29.8 Å². The fourth-order valence-electron chi connectivity index (χ4n) is 1.08. The zero-order valence-corrected chi connectivity index (χ0v) is 8.77. The first kappa shape index (κ1) is 11.9. The molecule has 0 aliphatic heterocycles. The van der Waals surface area contributed by atoms with Gasteiger partial charge in [-0.15, -0.1) is 13.2 Å². The average Bonchev–Trinajstić information content (AvgIpc) is 1.99. The summed E-state index contributed by atoms with van der Waals surface area (Å²) in [5.41, 5.74) is 0.533. The molecule has 0 heterocycles. The van der Waals surface area contributed by atoms with E-state index < -0.39 is 6.36 Å². The highest BCUT2D eigenvalue weighted by molar-refractivity contribution is 5.32. The minimum absolute atomic E-state index is 0.221. The Labute approximate surface area is 86.9 Å². The van der Waals surface area contributed by atoms with Gasteiger partial charge >= 0.3 is 6.36 Å². The van der Waals surface area contributed by atoms with E-state index in [2.05, 4.69) is 10.8 Å². The monoisotopic (exact) mass is 217 g/mol. The van der Waals surface area contributed by atoms with Crippen LogP contribution < -0.4 is 4.74 Å². The predicted octanol–water partition coefficient (Wildman–Crippen LogP) is 3.68. The summed E-state index contributed by atoms with van der Waals surface area (Å²) < 4.78 is 39.6. The summed E-state index contributed by atoms with van der Waals surface area (Å²) in [5, 5.41) is 0. The first-order valence-corrected chi connectivity index (χ1v) is 4.46. The van der Waals surface area contributed by atoms with Gasteiger partial charge in [0.2, 0.25) is 0 Å². The second-order valence-corrected chi connectivity index (χ2v) is 4.26. The minimum atomic E-state index is -4.65. The predicted molar refractivity (Wildman–Crippen MR) is 50.7 cm³/mol. The van der Waals surface area contributed by atoms with E-state index in [1.807, 2.05) is 20.8 Å². The van der Waals surface area contributed by atoms with E-state index in [0.29, 0.717) is 0 Å². The average molecular weight is 217 g/mol. The lowest BCUT2D eigenvalue weighted by atomic mass is 9.87. The van der Waals surface area contributed by atoms with Crippen molar-refractivity contribution in [1.29, 1.82) is 0 Å². The molecule has 0 atom stereocenters. The molecular weight excluding hydrogens is 205 g/mol. The Hall–Kier alpha value is -1.19. The molecule has 0 fully saturated rings. The van der Waals surface area contributed by atoms with Crippen molar-refractivity contribution >= 4 is 0 Å². The lowest BCUT2D eigenvalue weighted by molar-refractivity contribution is -0.274. The maximum atomic E-state index is 11.9. The van der Waals surface area contributed by atoms with Crippen LogP contribution in [0.5, 0.6) is 5.75 Å². The molecule has 0 bridgehead atoms. The molecule has 0 amide bonds. The van der Waals surface area contributed by atoms with Gasteiger partial charge in [0.25, 0.3) is 0 Å². The summed E-state index contributed by atoms with van der Waals surface area (Å²) >= 11 is 0. The smallest absolute Gasteiger partial charge is 0.406 e. The van der Waals surface area contributed by atoms with Crippen molar-refractivity contribution in [3.8, 4) is 5.75 Å². The van der Waals surface area contributed by atoms with Gasteiger partial charge in [-0.25, -0.2) is 0 Å². The summed E-state index contributed by atoms with van der Waals surface area (Å²) in [7, 11) is 0. The summed E-state index contributed by atoms with van der Waals surface area (Å²) in [6.07, 6.45) is -4.65. The Morgan fingerprint density at radius 2 is 1.73 bits per heavy atom. The van der Waals surface area contributed by atoms with E-state index >= 15 is 0 Å². The maximum absolute atomic E-state index is 11.9. The molecule has 15 heavy (non-hydrogen) atoms. The van der Waals surface area contributed by atoms with Gasteiger partial charge in [-0.05, 0) is 29.2 Å². The van der Waals surface area contributed by atoms with Gasteiger partial charge in [0.15, 0.2) is 0 Å². The zero-order chi connectivity index (χ0) is 11.7. The number of hydrogen-bond donors (Lipinski definition) is 0. The van der Waals surface area contributed by atoms with Gasteiger partial charge in [-0.3, -0.25) is 0 Å².